The lowest BCUT2D eigenvalue weighted by atomic mass is 9.99. The summed E-state index contributed by atoms with van der Waals surface area (Å²) in [5.74, 6) is -0.0273. The Morgan fingerprint density at radius 2 is 2.09 bits per heavy atom. The van der Waals surface area contributed by atoms with Crippen LogP contribution in [0.4, 0.5) is 10.5 Å². The molecule has 9 heteroatoms. The van der Waals surface area contributed by atoms with Crippen LogP contribution in [0.3, 0.4) is 0 Å². The molecule has 4 rings (SSSR count). The van der Waals surface area contributed by atoms with E-state index in [9.17, 15) is 14.7 Å². The fourth-order valence-electron chi connectivity index (χ4n) is 4.53. The van der Waals surface area contributed by atoms with Crippen molar-refractivity contribution in [3.05, 3.63) is 46.7 Å². The fourth-order valence-corrected chi connectivity index (χ4v) is 5.70. The van der Waals surface area contributed by atoms with Crippen LogP contribution in [0.15, 0.2) is 30.5 Å². The van der Waals surface area contributed by atoms with E-state index >= 15 is 0 Å². The number of carbonyl (C=O) groups is 2. The predicted octanol–water partition coefficient (Wildman–Crippen LogP) is 4.78. The number of nitrogens with zero attached hydrogens (tertiary/aromatic N) is 3. The Kier molecular flexibility index (Phi) is 7.76. The molecule has 1 amide bonds. The van der Waals surface area contributed by atoms with Crippen molar-refractivity contribution in [1.29, 1.82) is 0 Å². The van der Waals surface area contributed by atoms with Gasteiger partial charge in [0.25, 0.3) is 0 Å². The van der Waals surface area contributed by atoms with Crippen LogP contribution in [0.2, 0.25) is 0 Å². The number of hydrogen-bond acceptors (Lipinski definition) is 8. The van der Waals surface area contributed by atoms with Gasteiger partial charge < -0.3 is 24.4 Å². The van der Waals surface area contributed by atoms with E-state index in [1.165, 1.54) is 11.3 Å². The topological polar surface area (TPSA) is 92.2 Å². The zero-order valence-corrected chi connectivity index (χ0v) is 21.4. The van der Waals surface area contributed by atoms with Gasteiger partial charge in [0.2, 0.25) is 0 Å². The van der Waals surface area contributed by atoms with Gasteiger partial charge in [-0.25, -0.2) is 14.6 Å². The quantitative estimate of drug-likeness (QED) is 0.451. The van der Waals surface area contributed by atoms with Gasteiger partial charge in [0, 0.05) is 44.4 Å². The number of allylic oxidation sites excluding steroid dienone is 1. The van der Waals surface area contributed by atoms with Gasteiger partial charge in [-0.05, 0) is 57.2 Å². The second kappa shape index (κ2) is 10.8. The lowest BCUT2D eigenvalue weighted by Gasteiger charge is -2.31. The number of piperidine rings is 1. The number of carbonyl (C=O) groups excluding carboxylic acids is 2. The molecule has 1 aliphatic heterocycles. The van der Waals surface area contributed by atoms with Gasteiger partial charge in [-0.15, -0.1) is 11.3 Å². The van der Waals surface area contributed by atoms with Crippen molar-refractivity contribution in [1.82, 2.24) is 9.88 Å². The molecular weight excluding hydrogens is 466 g/mol. The molecular formula is C26H33N3O5S. The standard InChI is InChI=1S/C26H33N3O5S/c1-16(2)34-26(32)29-12-6-7-17(14-29)15-33-25(31)20-13-18(28(3)4)10-11-19(20)24-27-21-8-5-9-22(30)23(21)35-24/h10-11,13,17,22,30H,1,5-9,12,14-15H2,2-4H3. The van der Waals surface area contributed by atoms with Crippen molar-refractivity contribution in [3.63, 3.8) is 0 Å². The van der Waals surface area contributed by atoms with E-state index < -0.39 is 18.2 Å². The maximum Gasteiger partial charge on any atom is 0.414 e. The van der Waals surface area contributed by atoms with Crippen molar-refractivity contribution in [3.8, 4) is 10.6 Å². The molecule has 188 valence electrons. The molecule has 0 saturated carbocycles. The van der Waals surface area contributed by atoms with Gasteiger partial charge in [0.05, 0.1) is 34.6 Å². The predicted molar refractivity (Wildman–Crippen MR) is 136 cm³/mol. The third-order valence-electron chi connectivity index (χ3n) is 6.38. The second-order valence-electron chi connectivity index (χ2n) is 9.49. The van der Waals surface area contributed by atoms with E-state index in [2.05, 4.69) is 6.58 Å². The number of anilines is 1. The molecule has 0 spiro atoms. The number of aliphatic hydroxyl groups is 1. The molecule has 2 unspecified atom stereocenters. The molecule has 2 aliphatic rings. The minimum absolute atomic E-state index is 0.0353. The van der Waals surface area contributed by atoms with Gasteiger partial charge in [-0.1, -0.05) is 6.58 Å². The van der Waals surface area contributed by atoms with Crippen molar-refractivity contribution in [2.45, 2.75) is 45.1 Å². The Balaban J connectivity index is 1.51. The van der Waals surface area contributed by atoms with Gasteiger partial charge in [-0.3, -0.25) is 0 Å². The third-order valence-corrected chi connectivity index (χ3v) is 7.61. The van der Waals surface area contributed by atoms with Crippen LogP contribution in [0.25, 0.3) is 10.6 Å². The first kappa shape index (κ1) is 25.2. The number of rotatable bonds is 6. The maximum atomic E-state index is 13.3. The Morgan fingerprint density at radius 1 is 1.29 bits per heavy atom. The summed E-state index contributed by atoms with van der Waals surface area (Å²) >= 11 is 1.45. The number of aromatic nitrogens is 1. The van der Waals surface area contributed by atoms with Crippen LogP contribution in [-0.2, 0) is 15.9 Å². The smallest absolute Gasteiger partial charge is 0.414 e. The largest absolute Gasteiger partial charge is 0.462 e. The third kappa shape index (κ3) is 5.85. The number of benzene rings is 1. The minimum Gasteiger partial charge on any atom is -0.462 e. The molecule has 0 bridgehead atoms. The highest BCUT2D eigenvalue weighted by Crippen LogP contribution is 2.39. The molecule has 35 heavy (non-hydrogen) atoms. The molecule has 1 saturated heterocycles. The van der Waals surface area contributed by atoms with E-state index in [1.54, 1.807) is 11.8 Å². The van der Waals surface area contributed by atoms with E-state index in [1.807, 2.05) is 37.2 Å². The van der Waals surface area contributed by atoms with Crippen LogP contribution in [-0.4, -0.2) is 60.8 Å². The summed E-state index contributed by atoms with van der Waals surface area (Å²) in [6.07, 6.45) is 3.26. The normalized spacial score (nSPS) is 19.6. The van der Waals surface area contributed by atoms with E-state index in [4.69, 9.17) is 14.5 Å². The maximum absolute atomic E-state index is 13.3. The Bertz CT molecular complexity index is 1110. The van der Waals surface area contributed by atoms with E-state index in [0.717, 1.165) is 53.4 Å². The number of hydrogen-bond donors (Lipinski definition) is 1. The van der Waals surface area contributed by atoms with Crippen LogP contribution >= 0.6 is 11.3 Å². The number of esters is 1. The lowest BCUT2D eigenvalue weighted by molar-refractivity contribution is 0.0354. The molecule has 0 radical (unpaired) electrons. The minimum atomic E-state index is -0.493. The zero-order chi connectivity index (χ0) is 25.1. The average molecular weight is 500 g/mol. The SMILES string of the molecule is C=C(C)OC(=O)N1CCCC(COC(=O)c2cc(N(C)C)ccc2-c2nc3c(s2)C(O)CCC3)C1. The first-order chi connectivity index (χ1) is 16.7. The van der Waals surface area contributed by atoms with Crippen molar-refractivity contribution in [2.24, 2.45) is 5.92 Å². The lowest BCUT2D eigenvalue weighted by Crippen LogP contribution is -2.41. The summed E-state index contributed by atoms with van der Waals surface area (Å²) in [6, 6.07) is 5.68. The Hall–Kier alpha value is -2.91. The van der Waals surface area contributed by atoms with Gasteiger partial charge in [-0.2, -0.15) is 0 Å². The highest BCUT2D eigenvalue weighted by atomic mass is 32.1. The number of fused-ring (bicyclic) bond motifs is 1. The monoisotopic (exact) mass is 499 g/mol. The number of aryl methyl sites for hydroxylation is 1. The second-order valence-corrected chi connectivity index (χ2v) is 10.5. The zero-order valence-electron chi connectivity index (χ0n) is 20.6. The molecule has 2 atom stereocenters. The van der Waals surface area contributed by atoms with Crippen molar-refractivity contribution >= 4 is 29.1 Å². The summed E-state index contributed by atoms with van der Waals surface area (Å²) in [7, 11) is 3.84. The first-order valence-corrected chi connectivity index (χ1v) is 12.8. The molecule has 1 fully saturated rings. The summed E-state index contributed by atoms with van der Waals surface area (Å²) in [5.41, 5.74) is 2.96. The number of ether oxygens (including phenoxy) is 2. The highest BCUT2D eigenvalue weighted by molar-refractivity contribution is 7.15. The first-order valence-electron chi connectivity index (χ1n) is 12.0. The average Bonchev–Trinajstić information content (AvgIpc) is 3.27. The van der Waals surface area contributed by atoms with Gasteiger partial charge in [0.1, 0.15) is 5.01 Å². The Morgan fingerprint density at radius 3 is 2.80 bits per heavy atom. The fraction of sp³-hybridized carbons (Fsp3) is 0.500. The van der Waals surface area contributed by atoms with Crippen LogP contribution in [0.1, 0.15) is 59.6 Å². The van der Waals surface area contributed by atoms with Crippen LogP contribution in [0.5, 0.6) is 0 Å². The molecule has 1 aromatic heterocycles. The van der Waals surface area contributed by atoms with Gasteiger partial charge >= 0.3 is 12.1 Å². The molecule has 1 aliphatic carbocycles. The summed E-state index contributed by atoms with van der Waals surface area (Å²) in [4.78, 5) is 34.8. The van der Waals surface area contributed by atoms with Gasteiger partial charge in [0.15, 0.2) is 0 Å². The van der Waals surface area contributed by atoms with E-state index in [-0.39, 0.29) is 12.5 Å². The van der Waals surface area contributed by atoms with Crippen LogP contribution < -0.4 is 4.90 Å². The molecule has 1 aromatic carbocycles. The highest BCUT2D eigenvalue weighted by Gasteiger charge is 2.28. The van der Waals surface area contributed by atoms with E-state index in [0.29, 0.717) is 30.0 Å². The summed E-state index contributed by atoms with van der Waals surface area (Å²) in [6.45, 7) is 6.57. The van der Waals surface area contributed by atoms with Crippen molar-refractivity contribution < 1.29 is 24.2 Å². The van der Waals surface area contributed by atoms with Crippen LogP contribution in [0, 0.1) is 5.92 Å². The Labute approximate surface area is 210 Å². The number of amides is 1. The number of likely N-dealkylation sites (tertiary alicyclic amines) is 1. The number of aliphatic hydroxyl groups excluding tert-OH is 1. The number of thiazole rings is 1. The summed E-state index contributed by atoms with van der Waals surface area (Å²) in [5, 5.41) is 11.1. The molecule has 2 heterocycles. The molecule has 2 aromatic rings. The van der Waals surface area contributed by atoms with Crippen molar-refractivity contribution in [2.75, 3.05) is 38.7 Å². The molecule has 1 N–H and O–H groups in total. The summed E-state index contributed by atoms with van der Waals surface area (Å²) < 4.78 is 10.9. The molecule has 8 nitrogen and oxygen atoms in total.